The first-order valence-electron chi connectivity index (χ1n) is 9.83. The van der Waals surface area contributed by atoms with E-state index in [0.29, 0.717) is 6.10 Å². The normalized spacial score (nSPS) is 20.5. The van der Waals surface area contributed by atoms with E-state index in [0.717, 1.165) is 75.8 Å². The van der Waals surface area contributed by atoms with Gasteiger partial charge in [0, 0.05) is 45.5 Å². The van der Waals surface area contributed by atoms with Crippen LogP contribution in [0, 0.1) is 13.8 Å². The van der Waals surface area contributed by atoms with Crippen LogP contribution in [-0.2, 0) is 4.74 Å². The molecule has 2 amide bonds. The lowest BCUT2D eigenvalue weighted by molar-refractivity contribution is 0.102. The van der Waals surface area contributed by atoms with Crippen molar-refractivity contribution in [3.8, 4) is 0 Å². The molecule has 3 rings (SSSR count). The molecule has 0 bridgehead atoms. The van der Waals surface area contributed by atoms with Gasteiger partial charge >= 0.3 is 6.03 Å². The monoisotopic (exact) mass is 361 g/mol. The summed E-state index contributed by atoms with van der Waals surface area (Å²) in [5.74, 6) is 0.944. The lowest BCUT2D eigenvalue weighted by Gasteiger charge is -2.35. The lowest BCUT2D eigenvalue weighted by Crippen LogP contribution is -2.52. The molecule has 0 saturated carbocycles. The average molecular weight is 361 g/mol. The smallest absolute Gasteiger partial charge is 0.317 e. The van der Waals surface area contributed by atoms with Gasteiger partial charge in [0.05, 0.1) is 17.5 Å². The van der Waals surface area contributed by atoms with E-state index in [4.69, 9.17) is 4.74 Å². The number of anilines is 1. The molecule has 7 nitrogen and oxygen atoms in total. The number of urea groups is 1. The summed E-state index contributed by atoms with van der Waals surface area (Å²) in [4.78, 5) is 25.4. The van der Waals surface area contributed by atoms with Crippen LogP contribution in [0.3, 0.4) is 0 Å². The summed E-state index contributed by atoms with van der Waals surface area (Å²) in [6, 6.07) is 0.0498. The zero-order chi connectivity index (χ0) is 18.4. The summed E-state index contributed by atoms with van der Waals surface area (Å²) in [5, 5.41) is 3.05. The fourth-order valence-corrected chi connectivity index (χ4v) is 3.62. The predicted molar refractivity (Wildman–Crippen MR) is 102 cm³/mol. The van der Waals surface area contributed by atoms with E-state index in [2.05, 4.69) is 20.2 Å². The number of carbonyl (C=O) groups excluding carboxylic acids is 1. The molecule has 0 unspecified atom stereocenters. The second kappa shape index (κ2) is 9.16. The molecule has 2 aliphatic heterocycles. The van der Waals surface area contributed by atoms with E-state index in [1.807, 2.05) is 18.7 Å². The standard InChI is InChI=1S/C19H31N5O2/c1-15-14-21-16(2)18(22-15)23-9-11-24(12-10-23)19(25)20-8-4-3-6-17-7-5-13-26-17/h14,17H,3-13H2,1-2H3,(H,20,25)/t17-/m1/s1. The Kier molecular flexibility index (Phi) is 6.66. The molecule has 2 fully saturated rings. The van der Waals surface area contributed by atoms with E-state index in [9.17, 15) is 4.79 Å². The number of unbranched alkanes of at least 4 members (excludes halogenated alkanes) is 1. The van der Waals surface area contributed by atoms with Crippen LogP contribution in [0.5, 0.6) is 0 Å². The van der Waals surface area contributed by atoms with Crippen LogP contribution in [0.15, 0.2) is 6.20 Å². The Hall–Kier alpha value is -1.89. The number of ether oxygens (including phenoxy) is 1. The van der Waals surface area contributed by atoms with E-state index >= 15 is 0 Å². The van der Waals surface area contributed by atoms with Crippen LogP contribution in [0.4, 0.5) is 10.6 Å². The first-order valence-corrected chi connectivity index (χ1v) is 9.83. The van der Waals surface area contributed by atoms with Crippen molar-refractivity contribution in [1.29, 1.82) is 0 Å². The van der Waals surface area contributed by atoms with Gasteiger partial charge in [0.1, 0.15) is 5.82 Å². The summed E-state index contributed by atoms with van der Waals surface area (Å²) in [6.45, 7) is 8.63. The van der Waals surface area contributed by atoms with Crippen molar-refractivity contribution in [2.24, 2.45) is 0 Å². The molecule has 1 aromatic rings. The minimum Gasteiger partial charge on any atom is -0.378 e. The van der Waals surface area contributed by atoms with Gasteiger partial charge in [0.25, 0.3) is 0 Å². The van der Waals surface area contributed by atoms with Crippen LogP contribution < -0.4 is 10.2 Å². The van der Waals surface area contributed by atoms with Crippen LogP contribution in [0.2, 0.25) is 0 Å². The van der Waals surface area contributed by atoms with Crippen LogP contribution in [0.1, 0.15) is 43.5 Å². The Morgan fingerprint density at radius 2 is 2.08 bits per heavy atom. The highest BCUT2D eigenvalue weighted by atomic mass is 16.5. The zero-order valence-electron chi connectivity index (χ0n) is 16.0. The second-order valence-electron chi connectivity index (χ2n) is 7.26. The lowest BCUT2D eigenvalue weighted by atomic mass is 10.1. The Morgan fingerprint density at radius 1 is 1.27 bits per heavy atom. The molecule has 0 radical (unpaired) electrons. The number of rotatable bonds is 6. The highest BCUT2D eigenvalue weighted by molar-refractivity contribution is 5.74. The number of piperazine rings is 1. The first-order chi connectivity index (χ1) is 12.6. The minimum absolute atomic E-state index is 0.0498. The third-order valence-electron chi connectivity index (χ3n) is 5.17. The van der Waals surface area contributed by atoms with Gasteiger partial charge in [-0.25, -0.2) is 9.78 Å². The molecule has 1 aromatic heterocycles. The Bertz CT molecular complexity index is 596. The third kappa shape index (κ3) is 5.06. The van der Waals surface area contributed by atoms with E-state index in [1.54, 1.807) is 6.20 Å². The van der Waals surface area contributed by atoms with Gasteiger partial charge in [0.15, 0.2) is 0 Å². The van der Waals surface area contributed by atoms with Crippen LogP contribution in [0.25, 0.3) is 0 Å². The number of nitrogens with zero attached hydrogens (tertiary/aromatic N) is 4. The van der Waals surface area contributed by atoms with E-state index in [1.165, 1.54) is 12.8 Å². The molecular weight excluding hydrogens is 330 g/mol. The Labute approximate surface area is 156 Å². The SMILES string of the molecule is Cc1cnc(C)c(N2CCN(C(=O)NCCCC[C@@H]3CCCO3)CC2)n1. The highest BCUT2D eigenvalue weighted by Gasteiger charge is 2.23. The molecule has 26 heavy (non-hydrogen) atoms. The maximum Gasteiger partial charge on any atom is 0.317 e. The molecule has 0 aliphatic carbocycles. The molecule has 0 spiro atoms. The molecule has 1 N–H and O–H groups in total. The summed E-state index contributed by atoms with van der Waals surface area (Å²) in [7, 11) is 0. The van der Waals surface area contributed by atoms with Crippen LogP contribution >= 0.6 is 0 Å². The van der Waals surface area contributed by atoms with Crippen molar-refractivity contribution in [3.05, 3.63) is 17.6 Å². The van der Waals surface area contributed by atoms with Gasteiger partial charge in [-0.1, -0.05) is 0 Å². The predicted octanol–water partition coefficient (Wildman–Crippen LogP) is 2.27. The van der Waals surface area contributed by atoms with Gasteiger partial charge in [-0.2, -0.15) is 0 Å². The van der Waals surface area contributed by atoms with Gasteiger partial charge in [-0.05, 0) is 46.0 Å². The number of hydrogen-bond acceptors (Lipinski definition) is 5. The number of nitrogens with one attached hydrogen (secondary N) is 1. The zero-order valence-corrected chi connectivity index (χ0v) is 16.0. The number of hydrogen-bond donors (Lipinski definition) is 1. The van der Waals surface area contributed by atoms with Gasteiger partial charge < -0.3 is 19.9 Å². The highest BCUT2D eigenvalue weighted by Crippen LogP contribution is 2.18. The summed E-state index contributed by atoms with van der Waals surface area (Å²) in [5.41, 5.74) is 1.87. The largest absolute Gasteiger partial charge is 0.378 e. The molecule has 7 heteroatoms. The Balaban J connectivity index is 1.34. The molecule has 1 atom stereocenters. The molecule has 144 valence electrons. The fourth-order valence-electron chi connectivity index (χ4n) is 3.62. The topological polar surface area (TPSA) is 70.6 Å². The summed E-state index contributed by atoms with van der Waals surface area (Å²) < 4.78 is 5.63. The first kappa shape index (κ1) is 18.9. The molecule has 0 aromatic carbocycles. The van der Waals surface area contributed by atoms with Gasteiger partial charge in [-0.3, -0.25) is 4.98 Å². The molecular formula is C19H31N5O2. The van der Waals surface area contributed by atoms with E-state index in [-0.39, 0.29) is 6.03 Å². The van der Waals surface area contributed by atoms with Crippen molar-refractivity contribution in [1.82, 2.24) is 20.2 Å². The second-order valence-corrected chi connectivity index (χ2v) is 7.26. The fraction of sp³-hybridized carbons (Fsp3) is 0.737. The van der Waals surface area contributed by atoms with Gasteiger partial charge in [0.2, 0.25) is 0 Å². The maximum absolute atomic E-state index is 12.3. The molecule has 2 saturated heterocycles. The minimum atomic E-state index is 0.0498. The number of aryl methyl sites for hydroxylation is 2. The third-order valence-corrected chi connectivity index (χ3v) is 5.17. The maximum atomic E-state index is 12.3. The van der Waals surface area contributed by atoms with Crippen molar-refractivity contribution in [2.75, 3.05) is 44.2 Å². The van der Waals surface area contributed by atoms with Crippen LogP contribution in [-0.4, -0.2) is 66.3 Å². The molecule has 3 heterocycles. The quantitative estimate of drug-likeness (QED) is 0.787. The number of aromatic nitrogens is 2. The van der Waals surface area contributed by atoms with Crippen molar-refractivity contribution in [2.45, 2.75) is 52.1 Å². The van der Waals surface area contributed by atoms with Crippen molar-refractivity contribution < 1.29 is 9.53 Å². The number of carbonyl (C=O) groups is 1. The van der Waals surface area contributed by atoms with Crippen molar-refractivity contribution in [3.63, 3.8) is 0 Å². The molecule has 2 aliphatic rings. The average Bonchev–Trinajstić information content (AvgIpc) is 3.17. The summed E-state index contributed by atoms with van der Waals surface area (Å²) >= 11 is 0. The number of amides is 2. The van der Waals surface area contributed by atoms with Crippen molar-refractivity contribution >= 4 is 11.8 Å². The van der Waals surface area contributed by atoms with Gasteiger partial charge in [-0.15, -0.1) is 0 Å². The van der Waals surface area contributed by atoms with E-state index < -0.39 is 0 Å². The Morgan fingerprint density at radius 3 is 2.81 bits per heavy atom. The summed E-state index contributed by atoms with van der Waals surface area (Å²) in [6.07, 6.45) is 7.88.